The first-order valence-electron chi connectivity index (χ1n) is 8.76. The van der Waals surface area contributed by atoms with E-state index in [1.165, 1.54) is 23.9 Å². The summed E-state index contributed by atoms with van der Waals surface area (Å²) < 4.78 is 1.76. The van der Waals surface area contributed by atoms with E-state index < -0.39 is 4.92 Å². The standard InChI is InChI=1S/C20H18N4O3S/c1-12-3-7-15(8-4-12)23-20-18(13(2)22-23)19(28-11-17(25)21-20)14-5-9-16(10-6-14)24(26)27/h3-10,19H,11H2,1-2H3,(H,21,25)/t19-/m0/s1. The zero-order chi connectivity index (χ0) is 19.8. The molecule has 7 nitrogen and oxygen atoms in total. The highest BCUT2D eigenvalue weighted by Gasteiger charge is 2.30. The molecule has 8 heteroatoms. The Balaban J connectivity index is 1.83. The van der Waals surface area contributed by atoms with Gasteiger partial charge < -0.3 is 5.32 Å². The molecule has 3 aromatic rings. The fraction of sp³-hybridized carbons (Fsp3) is 0.200. The minimum atomic E-state index is -0.415. The van der Waals surface area contributed by atoms with E-state index in [-0.39, 0.29) is 16.8 Å². The van der Waals surface area contributed by atoms with Crippen LogP contribution in [0.4, 0.5) is 11.5 Å². The lowest BCUT2D eigenvalue weighted by Crippen LogP contribution is -2.15. The van der Waals surface area contributed by atoms with Gasteiger partial charge in [0.2, 0.25) is 5.91 Å². The van der Waals surface area contributed by atoms with Crippen LogP contribution in [0.1, 0.15) is 27.6 Å². The van der Waals surface area contributed by atoms with E-state index in [1.54, 1.807) is 16.8 Å². The lowest BCUT2D eigenvalue weighted by Gasteiger charge is -2.15. The van der Waals surface area contributed by atoms with Gasteiger partial charge in [0.15, 0.2) is 0 Å². The molecule has 1 aromatic heterocycles. The number of nitrogens with one attached hydrogen (secondary N) is 1. The fourth-order valence-corrected chi connectivity index (χ4v) is 4.48. The van der Waals surface area contributed by atoms with Gasteiger partial charge in [0.05, 0.1) is 27.3 Å². The maximum atomic E-state index is 12.4. The largest absolute Gasteiger partial charge is 0.310 e. The average molecular weight is 394 g/mol. The number of amides is 1. The molecule has 0 aliphatic carbocycles. The van der Waals surface area contributed by atoms with E-state index in [0.29, 0.717) is 11.6 Å². The molecule has 1 N–H and O–H groups in total. The molecule has 0 radical (unpaired) electrons. The second kappa shape index (κ2) is 7.12. The normalized spacial score (nSPS) is 16.2. The van der Waals surface area contributed by atoms with Crippen molar-refractivity contribution >= 4 is 29.2 Å². The summed E-state index contributed by atoms with van der Waals surface area (Å²) in [5.74, 6) is 0.854. The fourth-order valence-electron chi connectivity index (χ4n) is 3.29. The first-order valence-corrected chi connectivity index (χ1v) is 9.81. The predicted molar refractivity (Wildman–Crippen MR) is 109 cm³/mol. The summed E-state index contributed by atoms with van der Waals surface area (Å²) in [4.78, 5) is 22.9. The minimum absolute atomic E-state index is 0.0452. The summed E-state index contributed by atoms with van der Waals surface area (Å²) in [6.45, 7) is 3.93. The van der Waals surface area contributed by atoms with Crippen LogP contribution in [-0.2, 0) is 4.79 Å². The van der Waals surface area contributed by atoms with Crippen molar-refractivity contribution < 1.29 is 9.72 Å². The van der Waals surface area contributed by atoms with Crippen molar-refractivity contribution in [1.82, 2.24) is 9.78 Å². The van der Waals surface area contributed by atoms with E-state index in [1.807, 2.05) is 38.1 Å². The molecule has 0 unspecified atom stereocenters. The highest BCUT2D eigenvalue weighted by molar-refractivity contribution is 8.00. The predicted octanol–water partition coefficient (Wildman–Crippen LogP) is 4.17. The zero-order valence-corrected chi connectivity index (χ0v) is 16.2. The number of hydrogen-bond donors (Lipinski definition) is 1. The molecule has 0 saturated carbocycles. The number of hydrogen-bond acceptors (Lipinski definition) is 5. The number of carbonyl (C=O) groups is 1. The highest BCUT2D eigenvalue weighted by Crippen LogP contribution is 2.44. The molecule has 1 aliphatic rings. The first-order chi connectivity index (χ1) is 13.4. The molecule has 142 valence electrons. The van der Waals surface area contributed by atoms with E-state index >= 15 is 0 Å². The van der Waals surface area contributed by atoms with Gasteiger partial charge in [-0.2, -0.15) is 5.10 Å². The molecule has 2 aromatic carbocycles. The molecule has 0 spiro atoms. The summed E-state index contributed by atoms with van der Waals surface area (Å²) in [5, 5.41) is 18.5. The van der Waals surface area contributed by atoms with Crippen LogP contribution < -0.4 is 5.32 Å². The molecule has 2 heterocycles. The lowest BCUT2D eigenvalue weighted by atomic mass is 10.0. The smallest absolute Gasteiger partial charge is 0.269 e. The van der Waals surface area contributed by atoms with Gasteiger partial charge in [0, 0.05) is 17.7 Å². The topological polar surface area (TPSA) is 90.1 Å². The lowest BCUT2D eigenvalue weighted by molar-refractivity contribution is -0.384. The van der Waals surface area contributed by atoms with Crippen molar-refractivity contribution in [2.75, 3.05) is 11.1 Å². The molecular weight excluding hydrogens is 376 g/mol. The van der Waals surface area contributed by atoms with Crippen LogP contribution >= 0.6 is 11.8 Å². The Morgan fingerprint density at radius 2 is 1.82 bits per heavy atom. The number of nitrogens with zero attached hydrogens (tertiary/aromatic N) is 3. The van der Waals surface area contributed by atoms with Crippen molar-refractivity contribution in [3.05, 3.63) is 81.0 Å². The Morgan fingerprint density at radius 3 is 2.46 bits per heavy atom. The van der Waals surface area contributed by atoms with Crippen molar-refractivity contribution in [2.45, 2.75) is 19.1 Å². The average Bonchev–Trinajstić information content (AvgIpc) is 2.88. The second-order valence-electron chi connectivity index (χ2n) is 6.68. The summed E-state index contributed by atoms with van der Waals surface area (Å²) in [7, 11) is 0. The van der Waals surface area contributed by atoms with Crippen LogP contribution in [-0.4, -0.2) is 26.4 Å². The van der Waals surface area contributed by atoms with Gasteiger partial charge >= 0.3 is 0 Å². The highest BCUT2D eigenvalue weighted by atomic mass is 32.2. The number of aromatic nitrogens is 2. The Bertz CT molecular complexity index is 1060. The number of thioether (sulfide) groups is 1. The van der Waals surface area contributed by atoms with Gasteiger partial charge in [-0.05, 0) is 31.5 Å². The van der Waals surface area contributed by atoms with E-state index in [2.05, 4.69) is 10.4 Å². The van der Waals surface area contributed by atoms with Crippen LogP contribution in [0.25, 0.3) is 5.69 Å². The third-order valence-electron chi connectivity index (χ3n) is 4.69. The van der Waals surface area contributed by atoms with E-state index in [4.69, 9.17) is 0 Å². The van der Waals surface area contributed by atoms with Crippen molar-refractivity contribution in [3.63, 3.8) is 0 Å². The maximum Gasteiger partial charge on any atom is 0.269 e. The second-order valence-corrected chi connectivity index (χ2v) is 7.78. The summed E-state index contributed by atoms with van der Waals surface area (Å²) >= 11 is 1.49. The number of anilines is 1. The molecular formula is C20H18N4O3S. The van der Waals surface area contributed by atoms with Crippen LogP contribution in [0, 0.1) is 24.0 Å². The van der Waals surface area contributed by atoms with Gasteiger partial charge in [-0.1, -0.05) is 29.8 Å². The molecule has 0 bridgehead atoms. The summed E-state index contributed by atoms with van der Waals surface area (Å²) in [5.41, 5.74) is 4.69. The molecule has 1 aliphatic heterocycles. The molecule has 0 fully saturated rings. The Labute approximate surface area is 165 Å². The van der Waals surface area contributed by atoms with Crippen molar-refractivity contribution in [3.8, 4) is 5.69 Å². The number of rotatable bonds is 3. The zero-order valence-electron chi connectivity index (χ0n) is 15.4. The van der Waals surface area contributed by atoms with Crippen LogP contribution in [0.2, 0.25) is 0 Å². The van der Waals surface area contributed by atoms with Gasteiger partial charge in [-0.15, -0.1) is 11.8 Å². The number of nitro groups is 1. The van der Waals surface area contributed by atoms with E-state index in [9.17, 15) is 14.9 Å². The van der Waals surface area contributed by atoms with Crippen molar-refractivity contribution in [1.29, 1.82) is 0 Å². The van der Waals surface area contributed by atoms with Gasteiger partial charge in [0.25, 0.3) is 5.69 Å². The quantitative estimate of drug-likeness (QED) is 0.532. The maximum absolute atomic E-state index is 12.4. The Hall–Kier alpha value is -3.13. The number of non-ortho nitro benzene ring substituents is 1. The number of fused-ring (bicyclic) bond motifs is 1. The molecule has 1 amide bonds. The van der Waals surface area contributed by atoms with E-state index in [0.717, 1.165) is 28.1 Å². The number of carbonyl (C=O) groups excluding carboxylic acids is 1. The SMILES string of the molecule is Cc1ccc(-n2nc(C)c3c2NC(=O)CS[C@H]3c2ccc([N+](=O)[O-])cc2)cc1. The van der Waals surface area contributed by atoms with Gasteiger partial charge in [-0.3, -0.25) is 14.9 Å². The Kier molecular flexibility index (Phi) is 4.64. The number of benzene rings is 2. The molecule has 0 saturated heterocycles. The number of aryl methyl sites for hydroxylation is 2. The van der Waals surface area contributed by atoms with Crippen LogP contribution in [0.5, 0.6) is 0 Å². The van der Waals surface area contributed by atoms with Crippen molar-refractivity contribution in [2.24, 2.45) is 0 Å². The minimum Gasteiger partial charge on any atom is -0.310 e. The van der Waals surface area contributed by atoms with Crippen LogP contribution in [0.15, 0.2) is 48.5 Å². The third-order valence-corrected chi connectivity index (χ3v) is 5.96. The summed E-state index contributed by atoms with van der Waals surface area (Å²) in [6.07, 6.45) is 0. The van der Waals surface area contributed by atoms with Gasteiger partial charge in [-0.25, -0.2) is 4.68 Å². The molecule has 1 atom stereocenters. The van der Waals surface area contributed by atoms with Gasteiger partial charge in [0.1, 0.15) is 5.82 Å². The molecule has 28 heavy (non-hydrogen) atoms. The molecule has 4 rings (SSSR count). The Morgan fingerprint density at radius 1 is 1.14 bits per heavy atom. The first kappa shape index (κ1) is 18.2. The summed E-state index contributed by atoms with van der Waals surface area (Å²) in [6, 6.07) is 14.4. The monoisotopic (exact) mass is 394 g/mol. The van der Waals surface area contributed by atoms with Crippen LogP contribution in [0.3, 0.4) is 0 Å². The third kappa shape index (κ3) is 3.27. The number of nitro benzene ring substituents is 1.